The van der Waals surface area contributed by atoms with Crippen LogP contribution in [0.2, 0.25) is 0 Å². The summed E-state index contributed by atoms with van der Waals surface area (Å²) in [5.74, 6) is -0.635. The van der Waals surface area contributed by atoms with Crippen LogP contribution in [0.4, 0.5) is 0 Å². The van der Waals surface area contributed by atoms with Crippen molar-refractivity contribution in [1.82, 2.24) is 0 Å². The van der Waals surface area contributed by atoms with Crippen molar-refractivity contribution in [3.05, 3.63) is 0 Å². The number of hydrogen-bond donors (Lipinski definition) is 2. The molecule has 0 heterocycles. The molecule has 0 amide bonds. The minimum absolute atomic E-state index is 0.00860. The Morgan fingerprint density at radius 2 is 1.00 bits per heavy atom. The van der Waals surface area contributed by atoms with E-state index in [2.05, 4.69) is 13.8 Å². The first kappa shape index (κ1) is 25.4. The second-order valence-electron chi connectivity index (χ2n) is 7.91. The molecule has 0 saturated carbocycles. The lowest BCUT2D eigenvalue weighted by Crippen LogP contribution is -2.29. The van der Waals surface area contributed by atoms with Gasteiger partial charge in [-0.2, -0.15) is 8.42 Å². The SMILES string of the molecule is CC(C)CCCCCCCCCCCCCCCC(C(=O)O)S(=O)(=O)O. The van der Waals surface area contributed by atoms with Crippen LogP contribution in [0, 0.1) is 5.92 Å². The summed E-state index contributed by atoms with van der Waals surface area (Å²) in [6.45, 7) is 4.57. The largest absolute Gasteiger partial charge is 0.480 e. The third kappa shape index (κ3) is 15.6. The van der Waals surface area contributed by atoms with Crippen molar-refractivity contribution in [2.75, 3.05) is 0 Å². The minimum atomic E-state index is -4.49. The molecule has 0 aromatic rings. The Balaban J connectivity index is 3.35. The van der Waals surface area contributed by atoms with E-state index in [4.69, 9.17) is 9.66 Å². The van der Waals surface area contributed by atoms with Gasteiger partial charge < -0.3 is 5.11 Å². The maximum atomic E-state index is 10.9. The molecule has 0 aromatic heterocycles. The molecular weight excluding hydrogens is 352 g/mol. The fraction of sp³-hybridized carbons (Fsp3) is 0.950. The van der Waals surface area contributed by atoms with E-state index in [0.717, 1.165) is 25.2 Å². The van der Waals surface area contributed by atoms with Crippen LogP contribution in [0.15, 0.2) is 0 Å². The van der Waals surface area contributed by atoms with Gasteiger partial charge in [0.2, 0.25) is 0 Å². The number of carboxylic acid groups (broad SMARTS) is 1. The molecule has 2 N–H and O–H groups in total. The highest BCUT2D eigenvalue weighted by Gasteiger charge is 2.29. The molecule has 0 fully saturated rings. The normalized spacial score (nSPS) is 13.2. The van der Waals surface area contributed by atoms with Gasteiger partial charge >= 0.3 is 5.97 Å². The van der Waals surface area contributed by atoms with E-state index in [1.54, 1.807) is 0 Å². The van der Waals surface area contributed by atoms with Crippen LogP contribution in [0.25, 0.3) is 0 Å². The Bertz CT molecular complexity index is 445. The number of carbonyl (C=O) groups is 1. The lowest BCUT2D eigenvalue weighted by Gasteiger charge is -2.08. The summed E-state index contributed by atoms with van der Waals surface area (Å²) in [5.41, 5.74) is 0. The van der Waals surface area contributed by atoms with Crippen molar-refractivity contribution >= 4 is 16.1 Å². The maximum Gasteiger partial charge on any atom is 0.324 e. The van der Waals surface area contributed by atoms with Gasteiger partial charge in [0.25, 0.3) is 10.1 Å². The molecule has 156 valence electrons. The standard InChI is InChI=1S/C20H40O5S/c1-18(2)16-14-12-10-8-6-4-3-5-7-9-11-13-15-17-19(20(21)22)26(23,24)25/h18-19H,3-17H2,1-2H3,(H,21,22)(H,23,24,25). The van der Waals surface area contributed by atoms with Crippen LogP contribution in [-0.4, -0.2) is 29.3 Å². The molecule has 1 unspecified atom stereocenters. The molecule has 0 aromatic carbocycles. The second-order valence-corrected chi connectivity index (χ2v) is 9.51. The molecule has 5 nitrogen and oxygen atoms in total. The third-order valence-electron chi connectivity index (χ3n) is 4.88. The lowest BCUT2D eigenvalue weighted by atomic mass is 10.0. The van der Waals surface area contributed by atoms with Gasteiger partial charge in [-0.05, 0) is 12.3 Å². The summed E-state index contributed by atoms with van der Waals surface area (Å²) >= 11 is 0. The van der Waals surface area contributed by atoms with Crippen LogP contribution in [0.3, 0.4) is 0 Å². The van der Waals surface area contributed by atoms with Gasteiger partial charge in [0.1, 0.15) is 0 Å². The first-order valence-corrected chi connectivity index (χ1v) is 11.9. The molecule has 0 aliphatic heterocycles. The molecule has 0 spiro atoms. The number of rotatable bonds is 18. The average Bonchev–Trinajstić information content (AvgIpc) is 2.52. The van der Waals surface area contributed by atoms with Gasteiger partial charge in [-0.25, -0.2) is 0 Å². The first-order chi connectivity index (χ1) is 12.2. The van der Waals surface area contributed by atoms with Gasteiger partial charge in [-0.3, -0.25) is 9.35 Å². The predicted octanol–water partition coefficient (Wildman–Crippen LogP) is 5.83. The van der Waals surface area contributed by atoms with Gasteiger partial charge in [-0.1, -0.05) is 104 Å². The van der Waals surface area contributed by atoms with Crippen molar-refractivity contribution in [1.29, 1.82) is 0 Å². The zero-order valence-electron chi connectivity index (χ0n) is 16.8. The van der Waals surface area contributed by atoms with Crippen molar-refractivity contribution in [3.63, 3.8) is 0 Å². The van der Waals surface area contributed by atoms with Crippen molar-refractivity contribution in [2.24, 2.45) is 5.92 Å². The van der Waals surface area contributed by atoms with Crippen molar-refractivity contribution < 1.29 is 22.9 Å². The molecule has 0 saturated heterocycles. The Labute approximate surface area is 160 Å². The van der Waals surface area contributed by atoms with E-state index in [9.17, 15) is 13.2 Å². The van der Waals surface area contributed by atoms with E-state index >= 15 is 0 Å². The maximum absolute atomic E-state index is 10.9. The summed E-state index contributed by atoms with van der Waals surface area (Å²) in [6, 6.07) is 0. The fourth-order valence-corrected chi connectivity index (χ4v) is 3.95. The molecule has 26 heavy (non-hydrogen) atoms. The molecule has 0 aliphatic rings. The van der Waals surface area contributed by atoms with Gasteiger partial charge in [0, 0.05) is 0 Å². The molecule has 6 heteroatoms. The quantitative estimate of drug-likeness (QED) is 0.226. The highest BCUT2D eigenvalue weighted by Crippen LogP contribution is 2.16. The highest BCUT2D eigenvalue weighted by atomic mass is 32.2. The van der Waals surface area contributed by atoms with Crippen molar-refractivity contribution in [2.45, 2.75) is 115 Å². The van der Waals surface area contributed by atoms with E-state index in [1.165, 1.54) is 64.2 Å². The van der Waals surface area contributed by atoms with E-state index in [1.807, 2.05) is 0 Å². The minimum Gasteiger partial charge on any atom is -0.480 e. The summed E-state index contributed by atoms with van der Waals surface area (Å²) in [6.07, 6.45) is 16.6. The topological polar surface area (TPSA) is 91.7 Å². The summed E-state index contributed by atoms with van der Waals surface area (Å²) in [5, 5.41) is 7.12. The van der Waals surface area contributed by atoms with Gasteiger partial charge in [-0.15, -0.1) is 0 Å². The molecular formula is C20H40O5S. The second kappa shape index (κ2) is 15.4. The molecule has 0 rings (SSSR count). The Hall–Kier alpha value is -0.620. The smallest absolute Gasteiger partial charge is 0.324 e. The van der Waals surface area contributed by atoms with Crippen molar-refractivity contribution in [3.8, 4) is 0 Å². The average molecular weight is 393 g/mol. The monoisotopic (exact) mass is 392 g/mol. The molecule has 1 atom stereocenters. The zero-order valence-corrected chi connectivity index (χ0v) is 17.6. The zero-order chi connectivity index (χ0) is 19.8. The summed E-state index contributed by atoms with van der Waals surface area (Å²) in [7, 11) is -4.49. The summed E-state index contributed by atoms with van der Waals surface area (Å²) < 4.78 is 30.7. The van der Waals surface area contributed by atoms with Gasteiger partial charge in [0.05, 0.1) is 0 Å². The Kier molecular flexibility index (Phi) is 15.1. The number of aliphatic carboxylic acids is 1. The fourth-order valence-electron chi connectivity index (χ4n) is 3.23. The molecule has 0 aliphatic carbocycles. The van der Waals surface area contributed by atoms with Crippen LogP contribution in [0.5, 0.6) is 0 Å². The van der Waals surface area contributed by atoms with E-state index < -0.39 is 21.3 Å². The van der Waals surface area contributed by atoms with E-state index in [0.29, 0.717) is 6.42 Å². The first-order valence-electron chi connectivity index (χ1n) is 10.4. The predicted molar refractivity (Wildman–Crippen MR) is 107 cm³/mol. The lowest BCUT2D eigenvalue weighted by molar-refractivity contribution is -0.136. The Morgan fingerprint density at radius 1 is 0.692 bits per heavy atom. The van der Waals surface area contributed by atoms with Crippen LogP contribution in [0.1, 0.15) is 110 Å². The van der Waals surface area contributed by atoms with E-state index in [-0.39, 0.29) is 6.42 Å². The molecule has 0 radical (unpaired) electrons. The molecule has 0 bridgehead atoms. The Morgan fingerprint density at radius 3 is 1.27 bits per heavy atom. The summed E-state index contributed by atoms with van der Waals surface area (Å²) in [4.78, 5) is 10.8. The van der Waals surface area contributed by atoms with Crippen LogP contribution >= 0.6 is 0 Å². The third-order valence-corrected chi connectivity index (χ3v) is 6.04. The van der Waals surface area contributed by atoms with Crippen LogP contribution in [-0.2, 0) is 14.9 Å². The number of hydrogen-bond acceptors (Lipinski definition) is 3. The highest BCUT2D eigenvalue weighted by molar-refractivity contribution is 7.87. The number of unbranched alkanes of at least 4 members (excludes halogenated alkanes) is 12. The van der Waals surface area contributed by atoms with Gasteiger partial charge in [0.15, 0.2) is 5.25 Å². The number of carboxylic acids is 1. The van der Waals surface area contributed by atoms with Crippen LogP contribution < -0.4 is 0 Å².